The topological polar surface area (TPSA) is 56.6 Å². The van der Waals surface area contributed by atoms with Crippen molar-refractivity contribution in [2.75, 3.05) is 13.1 Å². The lowest BCUT2D eigenvalue weighted by molar-refractivity contribution is -0.0297. The van der Waals surface area contributed by atoms with Gasteiger partial charge in [0.1, 0.15) is 5.60 Å². The third-order valence-corrected chi connectivity index (χ3v) is 5.52. The minimum atomic E-state index is -0.509. The summed E-state index contributed by atoms with van der Waals surface area (Å²) in [7, 11) is 0. The van der Waals surface area contributed by atoms with Gasteiger partial charge in [-0.15, -0.1) is 0 Å². The molecule has 3 atom stereocenters. The second kappa shape index (κ2) is 6.59. The molecule has 26 heavy (non-hydrogen) atoms. The molecular formula is C21H29N3O2. The number of hydrogen-bond acceptors (Lipinski definition) is 4. The van der Waals surface area contributed by atoms with Crippen molar-refractivity contribution >= 4 is 6.09 Å². The first-order chi connectivity index (χ1) is 12.1. The smallest absolute Gasteiger partial charge is 0.410 e. The van der Waals surface area contributed by atoms with Gasteiger partial charge in [0, 0.05) is 30.7 Å². The Morgan fingerprint density at radius 1 is 1.15 bits per heavy atom. The summed E-state index contributed by atoms with van der Waals surface area (Å²) in [6, 6.07) is 13.1. The van der Waals surface area contributed by atoms with Crippen molar-refractivity contribution in [2.45, 2.75) is 64.3 Å². The van der Waals surface area contributed by atoms with Crippen LogP contribution in [-0.4, -0.2) is 46.7 Å². The first kappa shape index (κ1) is 18.7. The lowest BCUT2D eigenvalue weighted by atomic mass is 9.89. The second-order valence-corrected chi connectivity index (χ2v) is 8.91. The molecule has 0 aromatic heterocycles. The van der Waals surface area contributed by atoms with E-state index in [1.807, 2.05) is 26.8 Å². The van der Waals surface area contributed by atoms with E-state index < -0.39 is 5.60 Å². The van der Waals surface area contributed by atoms with E-state index >= 15 is 0 Å². The van der Waals surface area contributed by atoms with E-state index in [0.717, 1.165) is 6.42 Å². The summed E-state index contributed by atoms with van der Waals surface area (Å²) in [6.45, 7) is 11.2. The van der Waals surface area contributed by atoms with Crippen LogP contribution in [0.5, 0.6) is 0 Å². The Morgan fingerprint density at radius 3 is 2.38 bits per heavy atom. The molecule has 2 aliphatic rings. The molecule has 0 spiro atoms. The van der Waals surface area contributed by atoms with Crippen LogP contribution in [0.3, 0.4) is 0 Å². The number of ether oxygens (including phenoxy) is 1. The zero-order valence-corrected chi connectivity index (χ0v) is 16.4. The standard InChI is InChI=1S/C21H29N3O2/c1-20(2,3)26-19(25)23-13-17-11-15(12-22)18(14-23)24(17)21(4,5)16-9-7-6-8-10-16/h6-10,15,17-18H,11,13-14H2,1-5H3/t15-,17+,18+/m0/s1. The molecule has 5 heteroatoms. The Bertz CT molecular complexity index is 702. The number of nitrogens with zero attached hydrogens (tertiary/aromatic N) is 3. The number of carbonyl (C=O) groups is 1. The second-order valence-electron chi connectivity index (χ2n) is 8.91. The van der Waals surface area contributed by atoms with Crippen molar-refractivity contribution in [3.63, 3.8) is 0 Å². The predicted molar refractivity (Wildman–Crippen MR) is 100 cm³/mol. The number of hydrogen-bond donors (Lipinski definition) is 0. The molecule has 2 saturated heterocycles. The van der Waals surface area contributed by atoms with E-state index in [9.17, 15) is 10.1 Å². The normalized spacial score (nSPS) is 26.5. The summed E-state index contributed by atoms with van der Waals surface area (Å²) in [5.41, 5.74) is 0.534. The lowest BCUT2D eigenvalue weighted by Crippen LogP contribution is -2.61. The van der Waals surface area contributed by atoms with Crippen LogP contribution in [0.4, 0.5) is 4.79 Å². The molecule has 0 N–H and O–H groups in total. The number of carbonyl (C=O) groups excluding carboxylic acids is 1. The van der Waals surface area contributed by atoms with Gasteiger partial charge in [-0.1, -0.05) is 30.3 Å². The van der Waals surface area contributed by atoms with Crippen molar-refractivity contribution < 1.29 is 9.53 Å². The zero-order valence-electron chi connectivity index (χ0n) is 16.4. The lowest BCUT2D eigenvalue weighted by Gasteiger charge is -2.49. The maximum atomic E-state index is 12.6. The van der Waals surface area contributed by atoms with E-state index in [4.69, 9.17) is 4.74 Å². The minimum Gasteiger partial charge on any atom is -0.444 e. The number of rotatable bonds is 2. The van der Waals surface area contributed by atoms with E-state index in [1.54, 1.807) is 4.90 Å². The quantitative estimate of drug-likeness (QED) is 0.811. The zero-order chi connectivity index (χ0) is 19.1. The number of amides is 1. The average Bonchev–Trinajstić information content (AvgIpc) is 2.81. The first-order valence-corrected chi connectivity index (χ1v) is 9.35. The largest absolute Gasteiger partial charge is 0.444 e. The molecule has 0 unspecified atom stereocenters. The van der Waals surface area contributed by atoms with E-state index in [0.29, 0.717) is 13.1 Å². The number of fused-ring (bicyclic) bond motifs is 2. The summed E-state index contributed by atoms with van der Waals surface area (Å²) < 4.78 is 5.56. The van der Waals surface area contributed by atoms with Crippen LogP contribution in [0.25, 0.3) is 0 Å². The highest BCUT2D eigenvalue weighted by Crippen LogP contribution is 2.43. The number of benzene rings is 1. The van der Waals surface area contributed by atoms with E-state index in [-0.39, 0.29) is 29.6 Å². The molecule has 1 aromatic carbocycles. The van der Waals surface area contributed by atoms with Gasteiger partial charge in [-0.05, 0) is 46.6 Å². The molecule has 3 rings (SSSR count). The first-order valence-electron chi connectivity index (χ1n) is 9.35. The Hall–Kier alpha value is -2.06. The van der Waals surface area contributed by atoms with Gasteiger partial charge in [-0.2, -0.15) is 5.26 Å². The van der Waals surface area contributed by atoms with Gasteiger partial charge in [0.15, 0.2) is 0 Å². The van der Waals surface area contributed by atoms with Crippen molar-refractivity contribution in [1.29, 1.82) is 5.26 Å². The predicted octanol–water partition coefficient (Wildman–Crippen LogP) is 3.76. The highest BCUT2D eigenvalue weighted by atomic mass is 16.6. The summed E-state index contributed by atoms with van der Waals surface area (Å²) in [4.78, 5) is 16.8. The van der Waals surface area contributed by atoms with Crippen LogP contribution < -0.4 is 0 Å². The molecule has 0 aliphatic carbocycles. The fourth-order valence-corrected chi connectivity index (χ4v) is 4.44. The Morgan fingerprint density at radius 2 is 1.81 bits per heavy atom. The van der Waals surface area contributed by atoms with Crippen LogP contribution in [0.2, 0.25) is 0 Å². The third kappa shape index (κ3) is 3.43. The highest BCUT2D eigenvalue weighted by molar-refractivity contribution is 5.68. The summed E-state index contributed by atoms with van der Waals surface area (Å²) >= 11 is 0. The van der Waals surface area contributed by atoms with Gasteiger partial charge < -0.3 is 9.64 Å². The van der Waals surface area contributed by atoms with Crippen molar-refractivity contribution in [2.24, 2.45) is 5.92 Å². The molecule has 0 radical (unpaired) electrons. The fraction of sp³-hybridized carbons (Fsp3) is 0.619. The number of nitriles is 1. The number of likely N-dealkylation sites (tertiary alicyclic amines) is 1. The Balaban J connectivity index is 1.85. The molecule has 1 aromatic rings. The van der Waals surface area contributed by atoms with Gasteiger partial charge in [-0.3, -0.25) is 4.90 Å². The van der Waals surface area contributed by atoms with E-state index in [2.05, 4.69) is 49.1 Å². The molecule has 5 nitrogen and oxygen atoms in total. The monoisotopic (exact) mass is 355 g/mol. The van der Waals surface area contributed by atoms with Gasteiger partial charge >= 0.3 is 6.09 Å². The molecule has 2 heterocycles. The maximum absolute atomic E-state index is 12.6. The van der Waals surface area contributed by atoms with Crippen LogP contribution in [0.1, 0.15) is 46.6 Å². The minimum absolute atomic E-state index is 0.0291. The van der Waals surface area contributed by atoms with Gasteiger partial charge in [0.25, 0.3) is 0 Å². The molecule has 2 fully saturated rings. The van der Waals surface area contributed by atoms with Crippen molar-refractivity contribution in [3.8, 4) is 6.07 Å². The van der Waals surface area contributed by atoms with Crippen LogP contribution >= 0.6 is 0 Å². The summed E-state index contributed by atoms with van der Waals surface area (Å²) in [5, 5.41) is 9.67. The maximum Gasteiger partial charge on any atom is 0.410 e. The van der Waals surface area contributed by atoms with Crippen molar-refractivity contribution in [3.05, 3.63) is 35.9 Å². The molecular weight excluding hydrogens is 326 g/mol. The number of piperazine rings is 1. The van der Waals surface area contributed by atoms with Gasteiger partial charge in [0.05, 0.1) is 12.0 Å². The van der Waals surface area contributed by atoms with Gasteiger partial charge in [0.2, 0.25) is 0 Å². The average molecular weight is 355 g/mol. The van der Waals surface area contributed by atoms with Crippen LogP contribution in [0.15, 0.2) is 30.3 Å². The van der Waals surface area contributed by atoms with E-state index in [1.165, 1.54) is 5.56 Å². The fourth-order valence-electron chi connectivity index (χ4n) is 4.44. The summed E-state index contributed by atoms with van der Waals surface area (Å²) in [5.74, 6) is -0.0598. The third-order valence-electron chi connectivity index (χ3n) is 5.52. The highest BCUT2D eigenvalue weighted by Gasteiger charge is 2.53. The molecule has 2 aliphatic heterocycles. The van der Waals surface area contributed by atoms with Gasteiger partial charge in [-0.25, -0.2) is 4.79 Å². The molecule has 2 bridgehead atoms. The van der Waals surface area contributed by atoms with Crippen molar-refractivity contribution in [1.82, 2.24) is 9.80 Å². The molecule has 1 amide bonds. The SMILES string of the molecule is CC(C)(C)OC(=O)N1C[C@H]2C[C@@H](C#N)[C@@H](C1)N2C(C)(C)c1ccccc1. The Labute approximate surface area is 156 Å². The van der Waals surface area contributed by atoms with Crippen LogP contribution in [-0.2, 0) is 10.3 Å². The molecule has 140 valence electrons. The molecule has 0 saturated carbocycles. The Kier molecular flexibility index (Phi) is 4.74. The summed E-state index contributed by atoms with van der Waals surface area (Å²) in [6.07, 6.45) is 0.528. The van der Waals surface area contributed by atoms with Crippen LogP contribution in [0, 0.1) is 17.2 Å².